The standard InChI is InChI=1S/C18H20F3N5OS/c1-3-25(4-2)28-15-9-10-16-23-24-17(26(16)12-15)22-11-13-5-7-14(8-6-13)27-18(19,20)21/h5-10,12H,3-4,11H2,1-2H3,(H,22,24). The fraction of sp³-hybridized carbons (Fsp3) is 0.333. The van der Waals surface area contributed by atoms with Gasteiger partial charge in [-0.1, -0.05) is 26.0 Å². The Bertz CT molecular complexity index is 910. The molecule has 3 aromatic rings. The average Bonchev–Trinajstić information content (AvgIpc) is 3.06. The average molecular weight is 411 g/mol. The summed E-state index contributed by atoms with van der Waals surface area (Å²) in [6.45, 7) is 6.46. The zero-order valence-electron chi connectivity index (χ0n) is 15.4. The molecule has 0 amide bonds. The third kappa shape index (κ3) is 5.29. The van der Waals surface area contributed by atoms with Gasteiger partial charge in [-0.3, -0.25) is 4.40 Å². The molecule has 0 aliphatic carbocycles. The number of rotatable bonds is 8. The van der Waals surface area contributed by atoms with E-state index in [1.54, 1.807) is 24.1 Å². The van der Waals surface area contributed by atoms with Crippen LogP contribution >= 0.6 is 11.9 Å². The maximum atomic E-state index is 12.2. The van der Waals surface area contributed by atoms with E-state index in [2.05, 4.69) is 38.4 Å². The predicted molar refractivity (Wildman–Crippen MR) is 102 cm³/mol. The quantitative estimate of drug-likeness (QED) is 0.547. The molecule has 0 saturated carbocycles. The van der Waals surface area contributed by atoms with Crippen molar-refractivity contribution in [1.29, 1.82) is 0 Å². The van der Waals surface area contributed by atoms with E-state index >= 15 is 0 Å². The molecule has 0 aliphatic rings. The number of fused-ring (bicyclic) bond motifs is 1. The third-order valence-corrected chi connectivity index (χ3v) is 5.15. The molecule has 2 aromatic heterocycles. The summed E-state index contributed by atoms with van der Waals surface area (Å²) in [6.07, 6.45) is -2.73. The Kier molecular flexibility index (Phi) is 6.30. The number of nitrogens with zero attached hydrogens (tertiary/aromatic N) is 4. The maximum Gasteiger partial charge on any atom is 0.573 e. The molecule has 0 bridgehead atoms. The normalized spacial score (nSPS) is 11.9. The molecule has 10 heteroatoms. The van der Waals surface area contributed by atoms with Crippen molar-refractivity contribution in [2.24, 2.45) is 0 Å². The first-order valence-corrected chi connectivity index (χ1v) is 9.51. The van der Waals surface area contributed by atoms with E-state index < -0.39 is 6.36 Å². The molecule has 0 spiro atoms. The van der Waals surface area contributed by atoms with Gasteiger partial charge >= 0.3 is 6.36 Å². The van der Waals surface area contributed by atoms with Crippen molar-refractivity contribution in [1.82, 2.24) is 18.9 Å². The van der Waals surface area contributed by atoms with Crippen LogP contribution in [0.2, 0.25) is 0 Å². The van der Waals surface area contributed by atoms with E-state index in [1.807, 2.05) is 22.7 Å². The number of hydrogen-bond donors (Lipinski definition) is 1. The van der Waals surface area contributed by atoms with Crippen molar-refractivity contribution in [3.8, 4) is 5.75 Å². The van der Waals surface area contributed by atoms with Crippen molar-refractivity contribution in [3.63, 3.8) is 0 Å². The van der Waals surface area contributed by atoms with E-state index in [4.69, 9.17) is 0 Å². The summed E-state index contributed by atoms with van der Waals surface area (Å²) in [4.78, 5) is 1.06. The molecule has 2 heterocycles. The lowest BCUT2D eigenvalue weighted by Gasteiger charge is -2.16. The van der Waals surface area contributed by atoms with E-state index in [-0.39, 0.29) is 5.75 Å². The molecule has 6 nitrogen and oxygen atoms in total. The molecule has 0 aliphatic heterocycles. The molecular weight excluding hydrogens is 391 g/mol. The van der Waals surface area contributed by atoms with Crippen LogP contribution in [0, 0.1) is 0 Å². The van der Waals surface area contributed by atoms with Gasteiger partial charge in [0.25, 0.3) is 0 Å². The van der Waals surface area contributed by atoms with Gasteiger partial charge in [0.1, 0.15) is 5.75 Å². The molecule has 28 heavy (non-hydrogen) atoms. The molecule has 0 radical (unpaired) electrons. The summed E-state index contributed by atoms with van der Waals surface area (Å²) in [7, 11) is 0. The molecule has 1 aromatic carbocycles. The van der Waals surface area contributed by atoms with Gasteiger partial charge in [0.15, 0.2) is 5.65 Å². The van der Waals surface area contributed by atoms with Crippen molar-refractivity contribution >= 4 is 23.5 Å². The molecule has 1 N–H and O–H groups in total. The van der Waals surface area contributed by atoms with E-state index in [0.717, 1.165) is 23.5 Å². The van der Waals surface area contributed by atoms with Crippen LogP contribution in [0.4, 0.5) is 19.1 Å². The number of ether oxygens (including phenoxy) is 1. The second-order valence-electron chi connectivity index (χ2n) is 5.87. The van der Waals surface area contributed by atoms with E-state index in [9.17, 15) is 13.2 Å². The van der Waals surface area contributed by atoms with Crippen LogP contribution in [0.3, 0.4) is 0 Å². The summed E-state index contributed by atoms with van der Waals surface area (Å²) in [5.41, 5.74) is 1.50. The van der Waals surface area contributed by atoms with Crippen LogP contribution in [-0.2, 0) is 6.54 Å². The van der Waals surface area contributed by atoms with Crippen molar-refractivity contribution in [2.75, 3.05) is 18.4 Å². The summed E-state index contributed by atoms with van der Waals surface area (Å²) >= 11 is 1.66. The zero-order chi connectivity index (χ0) is 20.1. The lowest BCUT2D eigenvalue weighted by atomic mass is 10.2. The van der Waals surface area contributed by atoms with Gasteiger partial charge in [-0.15, -0.1) is 23.4 Å². The smallest absolute Gasteiger partial charge is 0.406 e. The minimum absolute atomic E-state index is 0.248. The van der Waals surface area contributed by atoms with Gasteiger partial charge in [-0.25, -0.2) is 4.31 Å². The Morgan fingerprint density at radius 2 is 1.79 bits per heavy atom. The van der Waals surface area contributed by atoms with Gasteiger partial charge < -0.3 is 10.1 Å². The Morgan fingerprint density at radius 1 is 1.07 bits per heavy atom. The molecule has 0 atom stereocenters. The maximum absolute atomic E-state index is 12.2. The zero-order valence-corrected chi connectivity index (χ0v) is 16.2. The monoisotopic (exact) mass is 411 g/mol. The molecule has 0 fully saturated rings. The SMILES string of the molecule is CCN(CC)Sc1ccc2nnc(NCc3ccc(OC(F)(F)F)cc3)n2c1. The third-order valence-electron chi connectivity index (χ3n) is 3.92. The fourth-order valence-corrected chi connectivity index (χ4v) is 3.38. The largest absolute Gasteiger partial charge is 0.573 e. The fourth-order valence-electron chi connectivity index (χ4n) is 2.54. The summed E-state index contributed by atoms with van der Waals surface area (Å²) in [5.74, 6) is 0.315. The number of benzene rings is 1. The Morgan fingerprint density at radius 3 is 2.43 bits per heavy atom. The molecule has 150 valence electrons. The lowest BCUT2D eigenvalue weighted by Crippen LogP contribution is -2.17. The van der Waals surface area contributed by atoms with Gasteiger partial charge in [0, 0.05) is 30.7 Å². The van der Waals surface area contributed by atoms with Crippen molar-refractivity contribution in [3.05, 3.63) is 48.2 Å². The van der Waals surface area contributed by atoms with Crippen molar-refractivity contribution < 1.29 is 17.9 Å². The first-order chi connectivity index (χ1) is 13.4. The van der Waals surface area contributed by atoms with Crippen LogP contribution < -0.4 is 10.1 Å². The molecular formula is C18H20F3N5OS. The minimum Gasteiger partial charge on any atom is -0.406 e. The van der Waals surface area contributed by atoms with Gasteiger partial charge in [0.2, 0.25) is 5.95 Å². The topological polar surface area (TPSA) is 54.7 Å². The number of hydrogen-bond acceptors (Lipinski definition) is 6. The first kappa shape index (κ1) is 20.3. The number of alkyl halides is 3. The number of aromatic nitrogens is 3. The van der Waals surface area contributed by atoms with Gasteiger partial charge in [0.05, 0.1) is 0 Å². The lowest BCUT2D eigenvalue weighted by molar-refractivity contribution is -0.274. The summed E-state index contributed by atoms with van der Waals surface area (Å²) in [5, 5.41) is 11.4. The Hall–Kier alpha value is -2.46. The Balaban J connectivity index is 1.68. The number of pyridine rings is 1. The highest BCUT2D eigenvalue weighted by Crippen LogP contribution is 2.25. The number of nitrogens with one attached hydrogen (secondary N) is 1. The first-order valence-electron chi connectivity index (χ1n) is 8.74. The van der Waals surface area contributed by atoms with E-state index in [1.165, 1.54) is 12.1 Å². The number of halogens is 3. The predicted octanol–water partition coefficient (Wildman–Crippen LogP) is 4.59. The molecule has 0 saturated heterocycles. The minimum atomic E-state index is -4.69. The van der Waals surface area contributed by atoms with Crippen molar-refractivity contribution in [2.45, 2.75) is 31.7 Å². The Labute approximate surface area is 164 Å². The van der Waals surface area contributed by atoms with Crippen LogP contribution in [0.15, 0.2) is 47.5 Å². The van der Waals surface area contributed by atoms with Crippen LogP contribution in [0.5, 0.6) is 5.75 Å². The second kappa shape index (κ2) is 8.70. The van der Waals surface area contributed by atoms with Crippen LogP contribution in [-0.4, -0.2) is 38.4 Å². The number of anilines is 1. The highest BCUT2D eigenvalue weighted by atomic mass is 32.2. The van der Waals surface area contributed by atoms with Gasteiger partial charge in [-0.05, 0) is 41.8 Å². The highest BCUT2D eigenvalue weighted by Gasteiger charge is 2.30. The second-order valence-corrected chi connectivity index (χ2v) is 7.04. The van der Waals surface area contributed by atoms with Crippen LogP contribution in [0.25, 0.3) is 5.65 Å². The molecule has 3 rings (SSSR count). The highest BCUT2D eigenvalue weighted by molar-refractivity contribution is 7.97. The molecule has 0 unspecified atom stereocenters. The van der Waals surface area contributed by atoms with E-state index in [0.29, 0.717) is 18.1 Å². The summed E-state index contributed by atoms with van der Waals surface area (Å²) < 4.78 is 44.6. The summed E-state index contributed by atoms with van der Waals surface area (Å²) in [6, 6.07) is 9.60. The van der Waals surface area contributed by atoms with Crippen LogP contribution in [0.1, 0.15) is 19.4 Å². The van der Waals surface area contributed by atoms with Gasteiger partial charge in [-0.2, -0.15) is 0 Å².